The van der Waals surface area contributed by atoms with Gasteiger partial charge in [-0.3, -0.25) is 4.79 Å². The number of methoxy groups -OCH3 is 1. The molecule has 1 heterocycles. The Morgan fingerprint density at radius 1 is 1.11 bits per heavy atom. The molecule has 3 aromatic rings. The molecular formula is C22H14Cl2F5N3O4. The number of carbonyl (C=O) groups is 2. The fraction of sp³-hybridized carbons (Fsp3) is 0.182. The molecule has 36 heavy (non-hydrogen) atoms. The van der Waals surface area contributed by atoms with E-state index in [-0.39, 0.29) is 16.4 Å². The van der Waals surface area contributed by atoms with E-state index in [1.54, 1.807) is 0 Å². The molecule has 7 nitrogen and oxygen atoms in total. The molecule has 0 aliphatic heterocycles. The predicted molar refractivity (Wildman–Crippen MR) is 119 cm³/mol. The number of para-hydroxylation sites is 1. The molecule has 1 atom stereocenters. The third kappa shape index (κ3) is 5.82. The van der Waals surface area contributed by atoms with Crippen LogP contribution in [0.5, 0.6) is 5.75 Å². The third-order valence-electron chi connectivity index (χ3n) is 4.66. The standard InChI is InChI=1S/C22H14Cl2F5N3O4/c1-9(22(27,28)29)36-16-7-10(15-8-30-18(19(24)31-15)21(34)35-2)14(26)6-11(16)20(33)32-17-12(23)4-3-5-13(17)25/h3-9H,1-2H3,(H,32,33). The average molecular weight is 550 g/mol. The van der Waals surface area contributed by atoms with Gasteiger partial charge < -0.3 is 14.8 Å². The molecule has 0 saturated heterocycles. The van der Waals surface area contributed by atoms with E-state index in [1.165, 1.54) is 12.1 Å². The van der Waals surface area contributed by atoms with Gasteiger partial charge in [-0.1, -0.05) is 29.3 Å². The van der Waals surface area contributed by atoms with Crippen molar-refractivity contribution in [2.75, 3.05) is 12.4 Å². The second-order valence-electron chi connectivity index (χ2n) is 7.07. The largest absolute Gasteiger partial charge is 0.480 e. The van der Waals surface area contributed by atoms with Gasteiger partial charge in [0.1, 0.15) is 17.4 Å². The Morgan fingerprint density at radius 2 is 1.81 bits per heavy atom. The van der Waals surface area contributed by atoms with Gasteiger partial charge in [0.2, 0.25) is 0 Å². The van der Waals surface area contributed by atoms with Crippen LogP contribution in [0, 0.1) is 11.6 Å². The Morgan fingerprint density at radius 3 is 2.39 bits per heavy atom. The monoisotopic (exact) mass is 549 g/mol. The van der Waals surface area contributed by atoms with Gasteiger partial charge in [0, 0.05) is 5.56 Å². The van der Waals surface area contributed by atoms with Crippen molar-refractivity contribution in [2.24, 2.45) is 0 Å². The van der Waals surface area contributed by atoms with E-state index in [9.17, 15) is 27.2 Å². The van der Waals surface area contributed by atoms with E-state index < -0.39 is 63.5 Å². The summed E-state index contributed by atoms with van der Waals surface area (Å²) >= 11 is 11.8. The van der Waals surface area contributed by atoms with Crippen LogP contribution >= 0.6 is 23.2 Å². The molecular weight excluding hydrogens is 536 g/mol. The van der Waals surface area contributed by atoms with Crippen molar-refractivity contribution in [3.05, 3.63) is 69.6 Å². The zero-order chi connectivity index (χ0) is 26.8. The minimum absolute atomic E-state index is 0.206. The summed E-state index contributed by atoms with van der Waals surface area (Å²) < 4.78 is 78.1. The molecule has 1 N–H and O–H groups in total. The number of hydrogen-bond acceptors (Lipinski definition) is 6. The quantitative estimate of drug-likeness (QED) is 0.295. The number of aromatic nitrogens is 2. The molecule has 0 spiro atoms. The number of ether oxygens (including phenoxy) is 2. The lowest BCUT2D eigenvalue weighted by atomic mass is 10.1. The van der Waals surface area contributed by atoms with E-state index in [0.29, 0.717) is 13.0 Å². The van der Waals surface area contributed by atoms with Gasteiger partial charge in [0.05, 0.1) is 35.3 Å². The Balaban J connectivity index is 2.10. The van der Waals surface area contributed by atoms with Crippen molar-refractivity contribution >= 4 is 40.8 Å². The maximum atomic E-state index is 15.0. The molecule has 3 rings (SSSR count). The summed E-state index contributed by atoms with van der Waals surface area (Å²) in [6.07, 6.45) is -6.34. The smallest absolute Gasteiger partial charge is 0.425 e. The van der Waals surface area contributed by atoms with Gasteiger partial charge in [-0.05, 0) is 31.2 Å². The van der Waals surface area contributed by atoms with Crippen LogP contribution in [0.4, 0.5) is 27.6 Å². The van der Waals surface area contributed by atoms with Crippen LogP contribution in [-0.2, 0) is 4.74 Å². The molecule has 2 aromatic carbocycles. The van der Waals surface area contributed by atoms with Crippen LogP contribution in [0.2, 0.25) is 10.2 Å². The lowest BCUT2D eigenvalue weighted by Crippen LogP contribution is -2.32. The van der Waals surface area contributed by atoms with Crippen LogP contribution in [0.15, 0.2) is 36.5 Å². The first-order valence-corrected chi connectivity index (χ1v) is 10.5. The van der Waals surface area contributed by atoms with Crippen molar-refractivity contribution < 1.29 is 41.0 Å². The number of nitrogens with zero attached hydrogens (tertiary/aromatic N) is 2. The zero-order valence-electron chi connectivity index (χ0n) is 18.2. The fourth-order valence-corrected chi connectivity index (χ4v) is 3.24. The summed E-state index contributed by atoms with van der Waals surface area (Å²) in [7, 11) is 1.07. The summed E-state index contributed by atoms with van der Waals surface area (Å²) in [6.45, 7) is 0.667. The molecule has 0 fully saturated rings. The van der Waals surface area contributed by atoms with Gasteiger partial charge in [-0.25, -0.2) is 23.5 Å². The van der Waals surface area contributed by atoms with E-state index in [2.05, 4.69) is 20.0 Å². The Hall–Kier alpha value is -3.51. The highest BCUT2D eigenvalue weighted by molar-refractivity contribution is 6.34. The van der Waals surface area contributed by atoms with Crippen molar-refractivity contribution in [3.63, 3.8) is 0 Å². The molecule has 1 unspecified atom stereocenters. The number of esters is 1. The molecule has 0 aliphatic rings. The highest BCUT2D eigenvalue weighted by Gasteiger charge is 2.39. The number of alkyl halides is 3. The molecule has 0 radical (unpaired) electrons. The second-order valence-corrected chi connectivity index (χ2v) is 7.83. The summed E-state index contributed by atoms with van der Waals surface area (Å²) in [5.74, 6) is -4.92. The number of hydrogen-bond donors (Lipinski definition) is 1. The SMILES string of the molecule is COC(=O)c1ncc(-c2cc(OC(C)C(F)(F)F)c(C(=O)Nc3c(F)cccc3Cl)cc2F)nc1Cl. The van der Waals surface area contributed by atoms with E-state index >= 15 is 4.39 Å². The normalized spacial score (nSPS) is 12.1. The number of carbonyl (C=O) groups excluding carboxylic acids is 2. The number of rotatable bonds is 6. The van der Waals surface area contributed by atoms with E-state index in [0.717, 1.165) is 25.4 Å². The number of benzene rings is 2. The van der Waals surface area contributed by atoms with Crippen molar-refractivity contribution in [3.8, 4) is 17.0 Å². The number of halogens is 7. The first kappa shape index (κ1) is 27.1. The molecule has 1 aromatic heterocycles. The van der Waals surface area contributed by atoms with Gasteiger partial charge in [-0.2, -0.15) is 13.2 Å². The molecule has 1 amide bonds. The van der Waals surface area contributed by atoms with Gasteiger partial charge >= 0.3 is 12.1 Å². The van der Waals surface area contributed by atoms with Crippen molar-refractivity contribution in [1.29, 1.82) is 0 Å². The first-order valence-electron chi connectivity index (χ1n) is 9.77. The maximum Gasteiger partial charge on any atom is 0.425 e. The average Bonchev–Trinajstić information content (AvgIpc) is 2.81. The molecule has 0 saturated carbocycles. The number of anilines is 1. The summed E-state index contributed by atoms with van der Waals surface area (Å²) in [5, 5.41) is 1.42. The van der Waals surface area contributed by atoms with Gasteiger partial charge in [0.15, 0.2) is 17.0 Å². The third-order valence-corrected chi connectivity index (χ3v) is 5.24. The molecule has 190 valence electrons. The Labute approximate surface area is 210 Å². The summed E-state index contributed by atoms with van der Waals surface area (Å²) in [6, 6.07) is 4.84. The van der Waals surface area contributed by atoms with Crippen LogP contribution in [0.1, 0.15) is 27.8 Å². The molecule has 0 aliphatic carbocycles. The Bertz CT molecular complexity index is 1320. The lowest BCUT2D eigenvalue weighted by molar-refractivity contribution is -0.189. The van der Waals surface area contributed by atoms with Gasteiger partial charge in [-0.15, -0.1) is 0 Å². The van der Waals surface area contributed by atoms with Crippen molar-refractivity contribution in [2.45, 2.75) is 19.2 Å². The molecule has 14 heteroatoms. The van der Waals surface area contributed by atoms with Crippen LogP contribution in [0.25, 0.3) is 11.3 Å². The fourth-order valence-electron chi connectivity index (χ4n) is 2.81. The van der Waals surface area contributed by atoms with E-state index in [4.69, 9.17) is 27.9 Å². The minimum atomic E-state index is -4.84. The second kappa shape index (κ2) is 10.6. The lowest BCUT2D eigenvalue weighted by Gasteiger charge is -2.20. The van der Waals surface area contributed by atoms with Crippen LogP contribution in [-0.4, -0.2) is 41.2 Å². The Kier molecular flexibility index (Phi) is 7.99. The first-order chi connectivity index (χ1) is 16.8. The summed E-state index contributed by atoms with van der Waals surface area (Å²) in [4.78, 5) is 32.0. The molecule has 0 bridgehead atoms. The maximum absolute atomic E-state index is 15.0. The van der Waals surface area contributed by atoms with Gasteiger partial charge in [0.25, 0.3) is 5.91 Å². The number of amides is 1. The van der Waals surface area contributed by atoms with Crippen LogP contribution in [0.3, 0.4) is 0 Å². The highest BCUT2D eigenvalue weighted by atomic mass is 35.5. The zero-order valence-corrected chi connectivity index (χ0v) is 19.7. The number of nitrogens with one attached hydrogen (secondary N) is 1. The topological polar surface area (TPSA) is 90.4 Å². The highest BCUT2D eigenvalue weighted by Crippen LogP contribution is 2.34. The minimum Gasteiger partial charge on any atom is -0.480 e. The van der Waals surface area contributed by atoms with Crippen molar-refractivity contribution in [1.82, 2.24) is 9.97 Å². The van der Waals surface area contributed by atoms with E-state index in [1.807, 2.05) is 0 Å². The predicted octanol–water partition coefficient (Wildman–Crippen LogP) is 6.10. The van der Waals surface area contributed by atoms with Crippen LogP contribution < -0.4 is 10.1 Å². The summed E-state index contributed by atoms with van der Waals surface area (Å²) in [5.41, 5.74) is -2.30.